The zero-order chi connectivity index (χ0) is 14.4. The third-order valence-electron chi connectivity index (χ3n) is 2.84. The van der Waals surface area contributed by atoms with Crippen molar-refractivity contribution in [3.63, 3.8) is 0 Å². The summed E-state index contributed by atoms with van der Waals surface area (Å²) in [5.41, 5.74) is 7.67. The molecule has 0 aliphatic carbocycles. The Balaban J connectivity index is 2.72. The minimum Gasteiger partial charge on any atom is -0.465 e. The molecule has 0 aromatic heterocycles. The molecule has 0 bridgehead atoms. The van der Waals surface area contributed by atoms with Crippen molar-refractivity contribution in [2.45, 2.75) is 19.9 Å². The van der Waals surface area contributed by atoms with E-state index in [0.29, 0.717) is 6.61 Å². The van der Waals surface area contributed by atoms with Crippen LogP contribution in [-0.4, -0.2) is 37.0 Å². The molecule has 0 aliphatic rings. The minimum atomic E-state index is -0.763. The molecule has 0 saturated carbocycles. The van der Waals surface area contributed by atoms with Crippen LogP contribution in [0.15, 0.2) is 24.3 Å². The van der Waals surface area contributed by atoms with Crippen LogP contribution in [0.1, 0.15) is 24.1 Å². The molecule has 104 valence electrons. The summed E-state index contributed by atoms with van der Waals surface area (Å²) in [4.78, 5) is 24.7. The Hall–Kier alpha value is -1.88. The van der Waals surface area contributed by atoms with E-state index in [2.05, 4.69) is 0 Å². The van der Waals surface area contributed by atoms with Gasteiger partial charge in [0.05, 0.1) is 6.61 Å². The van der Waals surface area contributed by atoms with E-state index in [1.807, 2.05) is 31.2 Å². The Labute approximate surface area is 113 Å². The van der Waals surface area contributed by atoms with Gasteiger partial charge in [-0.05, 0) is 25.0 Å². The van der Waals surface area contributed by atoms with Crippen molar-refractivity contribution >= 4 is 11.9 Å². The first-order valence-electron chi connectivity index (χ1n) is 6.19. The van der Waals surface area contributed by atoms with E-state index < -0.39 is 12.0 Å². The Morgan fingerprint density at radius 2 is 2.00 bits per heavy atom. The van der Waals surface area contributed by atoms with Crippen LogP contribution in [0.4, 0.5) is 0 Å². The van der Waals surface area contributed by atoms with Gasteiger partial charge < -0.3 is 15.4 Å². The summed E-state index contributed by atoms with van der Waals surface area (Å²) in [5.74, 6) is -0.738. The first-order chi connectivity index (χ1) is 8.97. The highest BCUT2D eigenvalue weighted by molar-refractivity contribution is 5.86. The summed E-state index contributed by atoms with van der Waals surface area (Å²) >= 11 is 0. The van der Waals surface area contributed by atoms with Crippen LogP contribution in [0.2, 0.25) is 0 Å². The number of likely N-dealkylation sites (N-methyl/N-ethyl adjacent to an activating group) is 1. The Kier molecular flexibility index (Phi) is 5.51. The molecule has 0 heterocycles. The highest BCUT2D eigenvalue weighted by atomic mass is 16.5. The lowest BCUT2D eigenvalue weighted by Crippen LogP contribution is -2.39. The Bertz CT molecular complexity index is 460. The van der Waals surface area contributed by atoms with Crippen molar-refractivity contribution in [3.05, 3.63) is 35.4 Å². The standard InChI is InChI=1S/C14H20N2O3/c1-4-19-12(17)9-16(3)14(18)13(15)11-8-6-5-7-10(11)2/h5-8,13H,4,9,15H2,1-3H3/t13-/m1/s1. The van der Waals surface area contributed by atoms with Crippen molar-refractivity contribution in [2.24, 2.45) is 5.73 Å². The van der Waals surface area contributed by atoms with E-state index in [0.717, 1.165) is 11.1 Å². The zero-order valence-electron chi connectivity index (χ0n) is 11.6. The van der Waals surface area contributed by atoms with E-state index in [4.69, 9.17) is 10.5 Å². The molecule has 1 atom stereocenters. The molecule has 19 heavy (non-hydrogen) atoms. The smallest absolute Gasteiger partial charge is 0.325 e. The van der Waals surface area contributed by atoms with Gasteiger partial charge in [0.1, 0.15) is 12.6 Å². The highest BCUT2D eigenvalue weighted by Crippen LogP contribution is 2.16. The largest absolute Gasteiger partial charge is 0.465 e. The number of carbonyl (C=O) groups excluding carboxylic acids is 2. The molecule has 0 spiro atoms. The maximum absolute atomic E-state index is 12.1. The summed E-state index contributed by atoms with van der Waals surface area (Å²) in [6.45, 7) is 3.82. The summed E-state index contributed by atoms with van der Waals surface area (Å²) in [7, 11) is 1.54. The van der Waals surface area contributed by atoms with Gasteiger partial charge in [-0.15, -0.1) is 0 Å². The van der Waals surface area contributed by atoms with E-state index in [-0.39, 0.29) is 12.5 Å². The quantitative estimate of drug-likeness (QED) is 0.806. The highest BCUT2D eigenvalue weighted by Gasteiger charge is 2.22. The topological polar surface area (TPSA) is 72.6 Å². The van der Waals surface area contributed by atoms with E-state index >= 15 is 0 Å². The van der Waals surface area contributed by atoms with Crippen molar-refractivity contribution in [1.82, 2.24) is 4.90 Å². The maximum Gasteiger partial charge on any atom is 0.325 e. The number of hydrogen-bond acceptors (Lipinski definition) is 4. The molecule has 0 radical (unpaired) electrons. The molecule has 5 heteroatoms. The van der Waals surface area contributed by atoms with Crippen LogP contribution < -0.4 is 5.73 Å². The van der Waals surface area contributed by atoms with Gasteiger partial charge in [-0.3, -0.25) is 9.59 Å². The molecule has 1 aromatic rings. The average molecular weight is 264 g/mol. The number of ether oxygens (including phenoxy) is 1. The van der Waals surface area contributed by atoms with Crippen molar-refractivity contribution < 1.29 is 14.3 Å². The second kappa shape index (κ2) is 6.89. The lowest BCUT2D eigenvalue weighted by molar-refractivity contribution is -0.148. The number of esters is 1. The zero-order valence-corrected chi connectivity index (χ0v) is 11.6. The molecule has 2 N–H and O–H groups in total. The second-order valence-corrected chi connectivity index (χ2v) is 4.33. The molecular formula is C14H20N2O3. The first kappa shape index (κ1) is 15.2. The van der Waals surface area contributed by atoms with Crippen molar-refractivity contribution in [3.8, 4) is 0 Å². The van der Waals surface area contributed by atoms with Gasteiger partial charge in [0.15, 0.2) is 0 Å². The predicted octanol–water partition coefficient (Wildman–Crippen LogP) is 1.02. The van der Waals surface area contributed by atoms with Crippen LogP contribution >= 0.6 is 0 Å². The fraction of sp³-hybridized carbons (Fsp3) is 0.429. The molecule has 1 amide bonds. The molecule has 1 aromatic carbocycles. The number of nitrogens with zero attached hydrogens (tertiary/aromatic N) is 1. The number of hydrogen-bond donors (Lipinski definition) is 1. The molecule has 5 nitrogen and oxygen atoms in total. The normalized spacial score (nSPS) is 11.8. The molecule has 0 fully saturated rings. The van der Waals surface area contributed by atoms with E-state index in [1.54, 1.807) is 6.92 Å². The van der Waals surface area contributed by atoms with Crippen LogP contribution in [0.5, 0.6) is 0 Å². The SMILES string of the molecule is CCOC(=O)CN(C)C(=O)[C@H](N)c1ccccc1C. The number of rotatable bonds is 5. The lowest BCUT2D eigenvalue weighted by Gasteiger charge is -2.21. The predicted molar refractivity (Wildman–Crippen MR) is 72.4 cm³/mol. The van der Waals surface area contributed by atoms with Crippen LogP contribution in [0, 0.1) is 6.92 Å². The summed E-state index contributed by atoms with van der Waals surface area (Å²) in [6.07, 6.45) is 0. The molecule has 0 unspecified atom stereocenters. The summed E-state index contributed by atoms with van der Waals surface area (Å²) in [6, 6.07) is 6.67. The van der Waals surface area contributed by atoms with E-state index in [9.17, 15) is 9.59 Å². The second-order valence-electron chi connectivity index (χ2n) is 4.33. The van der Waals surface area contributed by atoms with Gasteiger partial charge >= 0.3 is 5.97 Å². The third kappa shape index (κ3) is 4.06. The summed E-state index contributed by atoms with van der Waals surface area (Å²) < 4.78 is 4.80. The minimum absolute atomic E-state index is 0.0910. The number of amides is 1. The molecular weight excluding hydrogens is 244 g/mol. The Morgan fingerprint density at radius 3 is 2.58 bits per heavy atom. The number of benzene rings is 1. The van der Waals surface area contributed by atoms with Crippen molar-refractivity contribution in [2.75, 3.05) is 20.2 Å². The lowest BCUT2D eigenvalue weighted by atomic mass is 10.0. The van der Waals surface area contributed by atoms with Gasteiger partial charge in [0.2, 0.25) is 5.91 Å². The molecule has 1 rings (SSSR count). The number of nitrogens with two attached hydrogens (primary N) is 1. The molecule has 0 saturated heterocycles. The van der Waals surface area contributed by atoms with Gasteiger partial charge in [0, 0.05) is 7.05 Å². The van der Waals surface area contributed by atoms with E-state index in [1.165, 1.54) is 11.9 Å². The number of carbonyl (C=O) groups is 2. The van der Waals surface area contributed by atoms with Crippen LogP contribution in [-0.2, 0) is 14.3 Å². The van der Waals surface area contributed by atoms with Gasteiger partial charge in [0.25, 0.3) is 0 Å². The maximum atomic E-state index is 12.1. The van der Waals surface area contributed by atoms with Gasteiger partial charge in [-0.2, -0.15) is 0 Å². The van der Waals surface area contributed by atoms with Crippen molar-refractivity contribution in [1.29, 1.82) is 0 Å². The fourth-order valence-electron chi connectivity index (χ4n) is 1.78. The number of aryl methyl sites for hydroxylation is 1. The van der Waals surface area contributed by atoms with Crippen LogP contribution in [0.25, 0.3) is 0 Å². The fourth-order valence-corrected chi connectivity index (χ4v) is 1.78. The Morgan fingerprint density at radius 1 is 1.37 bits per heavy atom. The third-order valence-corrected chi connectivity index (χ3v) is 2.84. The summed E-state index contributed by atoms with van der Waals surface area (Å²) in [5, 5.41) is 0. The van der Waals surface area contributed by atoms with Gasteiger partial charge in [-0.25, -0.2) is 0 Å². The van der Waals surface area contributed by atoms with Gasteiger partial charge in [-0.1, -0.05) is 24.3 Å². The first-order valence-corrected chi connectivity index (χ1v) is 6.19. The monoisotopic (exact) mass is 264 g/mol. The molecule has 0 aliphatic heterocycles. The van der Waals surface area contributed by atoms with Crippen LogP contribution in [0.3, 0.4) is 0 Å². The average Bonchev–Trinajstić information content (AvgIpc) is 2.37.